The number of aromatic amines is 1. The second kappa shape index (κ2) is 5.95. The van der Waals surface area contributed by atoms with Gasteiger partial charge in [0.2, 0.25) is 0 Å². The zero-order valence-electron chi connectivity index (χ0n) is 11.3. The van der Waals surface area contributed by atoms with Gasteiger partial charge in [0, 0.05) is 30.7 Å². The van der Waals surface area contributed by atoms with Gasteiger partial charge in [0.1, 0.15) is 11.4 Å². The van der Waals surface area contributed by atoms with Gasteiger partial charge >= 0.3 is 0 Å². The van der Waals surface area contributed by atoms with Gasteiger partial charge in [-0.15, -0.1) is 0 Å². The molecule has 3 N–H and O–H groups in total. The molecule has 1 aromatic carbocycles. The van der Waals surface area contributed by atoms with Gasteiger partial charge in [-0.3, -0.25) is 0 Å². The minimum absolute atomic E-state index is 0.128. The molecule has 0 aliphatic rings. The average Bonchev–Trinajstić information content (AvgIpc) is 2.88. The number of nitrogens with zero attached hydrogens (tertiary/aromatic N) is 2. The molecule has 0 bridgehead atoms. The van der Waals surface area contributed by atoms with Crippen LogP contribution < -0.4 is 5.32 Å². The van der Waals surface area contributed by atoms with Gasteiger partial charge in [0.25, 0.3) is 0 Å². The van der Waals surface area contributed by atoms with Crippen LogP contribution in [0.15, 0.2) is 30.3 Å². The Labute approximate surface area is 113 Å². The number of benzene rings is 1. The van der Waals surface area contributed by atoms with E-state index in [0.717, 1.165) is 23.5 Å². The van der Waals surface area contributed by atoms with Crippen LogP contribution in [0.3, 0.4) is 0 Å². The van der Waals surface area contributed by atoms with E-state index in [0.29, 0.717) is 6.54 Å². The zero-order chi connectivity index (χ0) is 13.7. The number of nitrogens with one attached hydrogen (secondary N) is 2. The van der Waals surface area contributed by atoms with E-state index < -0.39 is 0 Å². The van der Waals surface area contributed by atoms with Crippen LogP contribution in [-0.2, 0) is 6.54 Å². The second-order valence-electron chi connectivity index (χ2n) is 5.41. The van der Waals surface area contributed by atoms with Crippen molar-refractivity contribution in [3.05, 3.63) is 36.0 Å². The lowest BCUT2D eigenvalue weighted by molar-refractivity contribution is 0.156. The van der Waals surface area contributed by atoms with Crippen molar-refractivity contribution in [2.24, 2.45) is 5.41 Å². The van der Waals surface area contributed by atoms with Crippen LogP contribution >= 0.6 is 0 Å². The van der Waals surface area contributed by atoms with E-state index in [4.69, 9.17) is 0 Å². The van der Waals surface area contributed by atoms with Gasteiger partial charge in [-0.25, -0.2) is 0 Å². The molecule has 102 valence electrons. The summed E-state index contributed by atoms with van der Waals surface area (Å²) < 4.78 is 0. The van der Waals surface area contributed by atoms with E-state index in [9.17, 15) is 5.11 Å². The first-order valence-electron chi connectivity index (χ1n) is 6.39. The van der Waals surface area contributed by atoms with Crippen LogP contribution in [0.4, 0.5) is 0 Å². The summed E-state index contributed by atoms with van der Waals surface area (Å²) in [4.78, 5) is 0. The minimum Gasteiger partial charge on any atom is -0.396 e. The molecule has 0 saturated heterocycles. The fourth-order valence-corrected chi connectivity index (χ4v) is 1.78. The first-order valence-corrected chi connectivity index (χ1v) is 6.39. The first-order chi connectivity index (χ1) is 9.12. The maximum Gasteiger partial charge on any atom is 0.117 e. The highest BCUT2D eigenvalue weighted by atomic mass is 16.3. The Bertz CT molecular complexity index is 507. The molecule has 0 spiro atoms. The Morgan fingerprint density at radius 1 is 1.21 bits per heavy atom. The Morgan fingerprint density at radius 2 is 1.95 bits per heavy atom. The van der Waals surface area contributed by atoms with Crippen molar-refractivity contribution in [2.45, 2.75) is 20.4 Å². The largest absolute Gasteiger partial charge is 0.396 e. The van der Waals surface area contributed by atoms with Crippen molar-refractivity contribution in [3.63, 3.8) is 0 Å². The third-order valence-electron chi connectivity index (χ3n) is 2.99. The summed E-state index contributed by atoms with van der Waals surface area (Å²) in [5.41, 5.74) is 2.68. The molecule has 1 heterocycles. The predicted octanol–water partition coefficient (Wildman–Crippen LogP) is 1.58. The van der Waals surface area contributed by atoms with Crippen LogP contribution in [0.2, 0.25) is 0 Å². The first kappa shape index (κ1) is 13.7. The molecule has 0 fully saturated rings. The summed E-state index contributed by atoms with van der Waals surface area (Å²) >= 11 is 0. The van der Waals surface area contributed by atoms with E-state index in [2.05, 4.69) is 20.7 Å². The molecule has 2 rings (SSSR count). The van der Waals surface area contributed by atoms with Crippen LogP contribution in [0, 0.1) is 5.41 Å². The molecule has 5 heteroatoms. The molecule has 0 amide bonds. The van der Waals surface area contributed by atoms with E-state index in [-0.39, 0.29) is 12.0 Å². The molecular weight excluding hydrogens is 240 g/mol. The summed E-state index contributed by atoms with van der Waals surface area (Å²) in [7, 11) is 0. The van der Waals surface area contributed by atoms with Crippen molar-refractivity contribution in [1.82, 2.24) is 20.7 Å². The van der Waals surface area contributed by atoms with Crippen molar-refractivity contribution >= 4 is 0 Å². The number of aliphatic hydroxyl groups excluding tert-OH is 1. The summed E-state index contributed by atoms with van der Waals surface area (Å²) in [5, 5.41) is 23.6. The van der Waals surface area contributed by atoms with Crippen LogP contribution in [0.25, 0.3) is 11.3 Å². The van der Waals surface area contributed by atoms with Gasteiger partial charge in [-0.2, -0.15) is 15.4 Å². The van der Waals surface area contributed by atoms with Crippen molar-refractivity contribution in [1.29, 1.82) is 0 Å². The number of aliphatic hydroxyl groups is 1. The van der Waals surface area contributed by atoms with Gasteiger partial charge in [-0.1, -0.05) is 44.2 Å². The topological polar surface area (TPSA) is 73.8 Å². The summed E-state index contributed by atoms with van der Waals surface area (Å²) in [6.07, 6.45) is 0. The number of aromatic nitrogens is 3. The van der Waals surface area contributed by atoms with Crippen molar-refractivity contribution < 1.29 is 5.11 Å². The molecule has 0 atom stereocenters. The van der Waals surface area contributed by atoms with E-state index in [1.807, 2.05) is 44.2 Å². The highest BCUT2D eigenvalue weighted by Crippen LogP contribution is 2.19. The molecule has 0 radical (unpaired) electrons. The lowest BCUT2D eigenvalue weighted by Crippen LogP contribution is -2.32. The van der Waals surface area contributed by atoms with Crippen LogP contribution in [0.5, 0.6) is 0 Å². The molecule has 0 aliphatic heterocycles. The molecule has 0 unspecified atom stereocenters. The quantitative estimate of drug-likeness (QED) is 0.737. The third-order valence-corrected chi connectivity index (χ3v) is 2.99. The normalized spacial score (nSPS) is 11.7. The van der Waals surface area contributed by atoms with Gasteiger partial charge in [0.15, 0.2) is 0 Å². The number of H-pyrrole nitrogens is 1. The Morgan fingerprint density at radius 3 is 2.63 bits per heavy atom. The number of hydrogen-bond acceptors (Lipinski definition) is 4. The fraction of sp³-hybridized carbons (Fsp3) is 0.429. The summed E-state index contributed by atoms with van der Waals surface area (Å²) in [6.45, 7) is 5.54. The summed E-state index contributed by atoms with van der Waals surface area (Å²) in [5.74, 6) is 0. The Hall–Kier alpha value is -1.72. The van der Waals surface area contributed by atoms with Gasteiger partial charge < -0.3 is 10.4 Å². The van der Waals surface area contributed by atoms with Gasteiger partial charge in [-0.05, 0) is 0 Å². The molecule has 2 aromatic rings. The SMILES string of the molecule is CC(C)(CO)CNCc1n[nH]nc1-c1ccccc1. The second-order valence-corrected chi connectivity index (χ2v) is 5.41. The lowest BCUT2D eigenvalue weighted by Gasteiger charge is -2.21. The molecule has 19 heavy (non-hydrogen) atoms. The molecular formula is C14H20N4O. The van der Waals surface area contributed by atoms with Crippen molar-refractivity contribution in [3.8, 4) is 11.3 Å². The molecule has 0 aliphatic carbocycles. The average molecular weight is 260 g/mol. The van der Waals surface area contributed by atoms with E-state index in [1.54, 1.807) is 0 Å². The number of rotatable bonds is 6. The van der Waals surface area contributed by atoms with E-state index in [1.165, 1.54) is 0 Å². The molecule has 5 nitrogen and oxygen atoms in total. The Balaban J connectivity index is 2.01. The number of hydrogen-bond donors (Lipinski definition) is 3. The highest BCUT2D eigenvalue weighted by molar-refractivity contribution is 5.60. The minimum atomic E-state index is -0.128. The standard InChI is InChI=1S/C14H20N4O/c1-14(2,10-19)9-15-8-12-13(17-18-16-12)11-6-4-3-5-7-11/h3-7,15,19H,8-10H2,1-2H3,(H,16,17,18). The smallest absolute Gasteiger partial charge is 0.117 e. The highest BCUT2D eigenvalue weighted by Gasteiger charge is 2.16. The molecule has 0 saturated carbocycles. The predicted molar refractivity (Wildman–Crippen MR) is 74.4 cm³/mol. The maximum atomic E-state index is 9.21. The lowest BCUT2D eigenvalue weighted by atomic mass is 9.95. The van der Waals surface area contributed by atoms with E-state index >= 15 is 0 Å². The summed E-state index contributed by atoms with van der Waals surface area (Å²) in [6, 6.07) is 9.97. The zero-order valence-corrected chi connectivity index (χ0v) is 11.3. The van der Waals surface area contributed by atoms with Crippen LogP contribution in [0.1, 0.15) is 19.5 Å². The monoisotopic (exact) mass is 260 g/mol. The van der Waals surface area contributed by atoms with Gasteiger partial charge in [0.05, 0.1) is 0 Å². The fourth-order valence-electron chi connectivity index (χ4n) is 1.78. The van der Waals surface area contributed by atoms with Crippen LogP contribution in [-0.4, -0.2) is 33.7 Å². The van der Waals surface area contributed by atoms with Crippen molar-refractivity contribution in [2.75, 3.05) is 13.2 Å². The third kappa shape index (κ3) is 3.62. The molecule has 1 aromatic heterocycles. The Kier molecular flexibility index (Phi) is 4.29. The maximum absolute atomic E-state index is 9.21.